The highest BCUT2D eigenvalue weighted by molar-refractivity contribution is 7.13. The highest BCUT2D eigenvalue weighted by atomic mass is 32.1. The molecule has 2 aliphatic heterocycles. The number of benzene rings is 1. The minimum absolute atomic E-state index is 0.252. The Morgan fingerprint density at radius 1 is 1.03 bits per heavy atom. The zero-order valence-electron chi connectivity index (χ0n) is 17.3. The number of anilines is 1. The summed E-state index contributed by atoms with van der Waals surface area (Å²) in [5.74, 6) is 1.15. The molecule has 0 N–H and O–H groups in total. The normalized spacial score (nSPS) is 25.8. The lowest BCUT2D eigenvalue weighted by Crippen LogP contribution is -2.47. The van der Waals surface area contributed by atoms with Crippen molar-refractivity contribution in [3.63, 3.8) is 0 Å². The molecule has 0 radical (unpaired) electrons. The van der Waals surface area contributed by atoms with Gasteiger partial charge in [-0.15, -0.1) is 0 Å². The molecule has 3 heterocycles. The lowest BCUT2D eigenvalue weighted by molar-refractivity contribution is 0.179. The number of urea groups is 1. The Morgan fingerprint density at radius 3 is 2.62 bits per heavy atom. The Hall–Kier alpha value is -1.86. The maximum Gasteiger partial charge on any atom is 0.320 e. The van der Waals surface area contributed by atoms with Crippen LogP contribution in [0.25, 0.3) is 10.1 Å². The van der Waals surface area contributed by atoms with Crippen LogP contribution in [0.4, 0.5) is 10.6 Å². The van der Waals surface area contributed by atoms with E-state index in [1.54, 1.807) is 11.5 Å². The van der Waals surface area contributed by atoms with Crippen molar-refractivity contribution in [1.29, 1.82) is 0 Å². The molecule has 0 bridgehead atoms. The average molecular weight is 414 g/mol. The van der Waals surface area contributed by atoms with Crippen LogP contribution in [-0.2, 0) is 0 Å². The zero-order valence-corrected chi connectivity index (χ0v) is 18.1. The smallest absolute Gasteiger partial charge is 0.320 e. The van der Waals surface area contributed by atoms with Crippen LogP contribution in [0.5, 0.6) is 0 Å². The van der Waals surface area contributed by atoms with Crippen LogP contribution in [0, 0.1) is 0 Å². The molecule has 1 aromatic heterocycles. The minimum atomic E-state index is 0.252. The van der Waals surface area contributed by atoms with Crippen LogP contribution in [0.2, 0.25) is 0 Å². The van der Waals surface area contributed by atoms with Gasteiger partial charge in [0.1, 0.15) is 5.82 Å². The quantitative estimate of drug-likeness (QED) is 0.753. The van der Waals surface area contributed by atoms with Gasteiger partial charge in [-0.1, -0.05) is 25.0 Å². The molecule has 1 saturated carbocycles. The van der Waals surface area contributed by atoms with Gasteiger partial charge in [0.2, 0.25) is 0 Å². The van der Waals surface area contributed by atoms with E-state index in [4.69, 9.17) is 4.37 Å². The molecule has 2 aromatic rings. The van der Waals surface area contributed by atoms with Gasteiger partial charge in [-0.05, 0) is 49.5 Å². The number of likely N-dealkylation sites (N-methyl/N-ethyl adjacent to an activating group) is 1. The van der Waals surface area contributed by atoms with Crippen molar-refractivity contribution >= 4 is 33.5 Å². The van der Waals surface area contributed by atoms with E-state index in [0.717, 1.165) is 51.5 Å². The molecule has 2 unspecified atom stereocenters. The third-order valence-corrected chi connectivity index (χ3v) is 7.86. The molecular formula is C22H31N5OS. The van der Waals surface area contributed by atoms with E-state index in [0.29, 0.717) is 12.1 Å². The third kappa shape index (κ3) is 3.59. The van der Waals surface area contributed by atoms with Crippen molar-refractivity contribution in [3.05, 3.63) is 24.3 Å². The summed E-state index contributed by atoms with van der Waals surface area (Å²) in [5, 5.41) is 1.28. The molecular weight excluding hydrogens is 382 g/mol. The third-order valence-electron chi connectivity index (χ3n) is 7.04. The fourth-order valence-corrected chi connectivity index (χ4v) is 6.20. The number of carbonyl (C=O) groups is 1. The van der Waals surface area contributed by atoms with Gasteiger partial charge in [0.15, 0.2) is 0 Å². The van der Waals surface area contributed by atoms with Gasteiger partial charge in [0, 0.05) is 45.2 Å². The van der Waals surface area contributed by atoms with Gasteiger partial charge in [0.25, 0.3) is 0 Å². The van der Waals surface area contributed by atoms with Crippen LogP contribution in [-0.4, -0.2) is 83.5 Å². The lowest BCUT2D eigenvalue weighted by atomic mass is 9.90. The number of rotatable bonds is 5. The molecule has 2 saturated heterocycles. The van der Waals surface area contributed by atoms with Crippen molar-refractivity contribution in [2.45, 2.75) is 44.2 Å². The minimum Gasteiger partial charge on any atom is -0.353 e. The SMILES string of the molecule is CN1C(=O)N(CCCN2CCN(c3nsc4ccccc34)CC2)C2CCCCC21. The van der Waals surface area contributed by atoms with Gasteiger partial charge in [-0.3, -0.25) is 4.90 Å². The van der Waals surface area contributed by atoms with Crippen LogP contribution in [0.15, 0.2) is 24.3 Å². The standard InChI is InChI=1S/C22H31N5OS/c1-24-18-8-3-4-9-19(18)27(22(24)28)12-6-11-25-13-15-26(16-14-25)21-17-7-2-5-10-20(17)29-23-21/h2,5,7,10,18-19H,3-4,6,8-9,11-16H2,1H3. The molecule has 0 spiro atoms. The molecule has 3 fully saturated rings. The number of piperazine rings is 1. The second-order valence-electron chi connectivity index (χ2n) is 8.69. The van der Waals surface area contributed by atoms with Gasteiger partial charge in [-0.2, -0.15) is 4.37 Å². The summed E-state index contributed by atoms with van der Waals surface area (Å²) in [5.41, 5.74) is 0. The van der Waals surface area contributed by atoms with Crippen molar-refractivity contribution < 1.29 is 4.79 Å². The maximum absolute atomic E-state index is 12.7. The first-order valence-corrected chi connectivity index (χ1v) is 11.8. The highest BCUT2D eigenvalue weighted by Gasteiger charge is 2.44. The second-order valence-corrected chi connectivity index (χ2v) is 9.50. The van der Waals surface area contributed by atoms with E-state index in [1.165, 1.54) is 35.8 Å². The number of carbonyl (C=O) groups excluding carboxylic acids is 1. The van der Waals surface area contributed by atoms with Gasteiger partial charge >= 0.3 is 6.03 Å². The summed E-state index contributed by atoms with van der Waals surface area (Å²) in [7, 11) is 1.99. The number of hydrogen-bond donors (Lipinski definition) is 0. The summed E-state index contributed by atoms with van der Waals surface area (Å²) in [6.07, 6.45) is 5.97. The van der Waals surface area contributed by atoms with E-state index in [-0.39, 0.29) is 6.03 Å². The van der Waals surface area contributed by atoms with E-state index in [1.807, 2.05) is 11.9 Å². The lowest BCUT2D eigenvalue weighted by Gasteiger charge is -2.35. The Balaban J connectivity index is 1.12. The van der Waals surface area contributed by atoms with Crippen LogP contribution in [0.3, 0.4) is 0 Å². The summed E-state index contributed by atoms with van der Waals surface area (Å²) in [6, 6.07) is 9.68. The van der Waals surface area contributed by atoms with Crippen LogP contribution >= 0.6 is 11.5 Å². The Bertz CT molecular complexity index is 862. The van der Waals surface area contributed by atoms with Crippen molar-refractivity contribution in [2.75, 3.05) is 51.2 Å². The van der Waals surface area contributed by atoms with Gasteiger partial charge < -0.3 is 14.7 Å². The topological polar surface area (TPSA) is 42.9 Å². The maximum atomic E-state index is 12.7. The fraction of sp³-hybridized carbons (Fsp3) is 0.636. The van der Waals surface area contributed by atoms with E-state index < -0.39 is 0 Å². The van der Waals surface area contributed by atoms with E-state index in [2.05, 4.69) is 39.0 Å². The molecule has 2 amide bonds. The number of hydrogen-bond acceptors (Lipinski definition) is 5. The first-order chi connectivity index (χ1) is 14.2. The molecule has 6 nitrogen and oxygen atoms in total. The Morgan fingerprint density at radius 2 is 1.79 bits per heavy atom. The molecule has 1 aliphatic carbocycles. The van der Waals surface area contributed by atoms with Crippen LogP contribution in [0.1, 0.15) is 32.1 Å². The number of nitrogens with zero attached hydrogens (tertiary/aromatic N) is 5. The van der Waals surface area contributed by atoms with Crippen molar-refractivity contribution in [3.8, 4) is 0 Å². The molecule has 3 aliphatic rings. The molecule has 7 heteroatoms. The average Bonchev–Trinajstić information content (AvgIpc) is 3.30. The highest BCUT2D eigenvalue weighted by Crippen LogP contribution is 2.33. The molecule has 5 rings (SSSR count). The predicted octanol–water partition coefficient (Wildman–Crippen LogP) is 3.49. The molecule has 2 atom stereocenters. The molecule has 29 heavy (non-hydrogen) atoms. The fourth-order valence-electron chi connectivity index (χ4n) is 5.40. The van der Waals surface area contributed by atoms with Crippen molar-refractivity contribution in [2.24, 2.45) is 0 Å². The zero-order chi connectivity index (χ0) is 19.8. The first-order valence-electron chi connectivity index (χ1n) is 11.1. The predicted molar refractivity (Wildman–Crippen MR) is 119 cm³/mol. The summed E-state index contributed by atoms with van der Waals surface area (Å²) in [4.78, 5) is 21.8. The Kier molecular flexibility index (Phi) is 5.35. The number of aromatic nitrogens is 1. The summed E-state index contributed by atoms with van der Waals surface area (Å²) < 4.78 is 5.98. The van der Waals surface area contributed by atoms with E-state index >= 15 is 0 Å². The first kappa shape index (κ1) is 19.1. The molecule has 156 valence electrons. The monoisotopic (exact) mass is 413 g/mol. The van der Waals surface area contributed by atoms with Gasteiger partial charge in [-0.25, -0.2) is 4.79 Å². The van der Waals surface area contributed by atoms with Gasteiger partial charge in [0.05, 0.1) is 16.8 Å². The second kappa shape index (κ2) is 8.11. The van der Waals surface area contributed by atoms with Crippen molar-refractivity contribution in [1.82, 2.24) is 19.1 Å². The largest absolute Gasteiger partial charge is 0.353 e. The van der Waals surface area contributed by atoms with Crippen LogP contribution < -0.4 is 4.90 Å². The molecule has 1 aromatic carbocycles. The number of amides is 2. The van der Waals surface area contributed by atoms with E-state index in [9.17, 15) is 4.79 Å². The Labute approximate surface area is 177 Å². The number of fused-ring (bicyclic) bond motifs is 2. The summed E-state index contributed by atoms with van der Waals surface area (Å²) >= 11 is 1.60. The summed E-state index contributed by atoms with van der Waals surface area (Å²) in [6.45, 7) is 6.20.